The standard InChI is InChI=1S/C12H10BrN3O2/c1-7-2-3-8(13)10(6-7)14-12(18)9-4-5-11(17)16-15-9/h2-6H,1H3,(H,14,18)(H,16,17). The van der Waals surface area contributed by atoms with E-state index in [0.29, 0.717) is 5.69 Å². The van der Waals surface area contributed by atoms with Crippen LogP contribution in [0.5, 0.6) is 0 Å². The highest BCUT2D eigenvalue weighted by molar-refractivity contribution is 9.10. The van der Waals surface area contributed by atoms with E-state index in [4.69, 9.17) is 0 Å². The van der Waals surface area contributed by atoms with Crippen molar-refractivity contribution in [1.82, 2.24) is 10.2 Å². The van der Waals surface area contributed by atoms with Crippen molar-refractivity contribution in [3.8, 4) is 0 Å². The number of aromatic nitrogens is 2. The number of hydrogen-bond acceptors (Lipinski definition) is 3. The molecule has 2 rings (SSSR count). The molecule has 5 nitrogen and oxygen atoms in total. The van der Waals surface area contributed by atoms with Crippen LogP contribution in [-0.2, 0) is 0 Å². The van der Waals surface area contributed by atoms with Crippen LogP contribution in [0.4, 0.5) is 5.69 Å². The molecule has 0 aliphatic carbocycles. The minimum atomic E-state index is -0.377. The Morgan fingerprint density at radius 2 is 2.11 bits per heavy atom. The molecule has 0 saturated carbocycles. The smallest absolute Gasteiger partial charge is 0.276 e. The van der Waals surface area contributed by atoms with E-state index in [1.807, 2.05) is 25.1 Å². The van der Waals surface area contributed by atoms with Crippen molar-refractivity contribution in [3.63, 3.8) is 0 Å². The number of nitrogens with one attached hydrogen (secondary N) is 2. The molecule has 0 fully saturated rings. The normalized spacial score (nSPS) is 10.1. The number of halogens is 1. The maximum absolute atomic E-state index is 11.9. The fraction of sp³-hybridized carbons (Fsp3) is 0.0833. The number of carbonyl (C=O) groups excluding carboxylic acids is 1. The Balaban J connectivity index is 2.23. The minimum absolute atomic E-state index is 0.156. The van der Waals surface area contributed by atoms with Gasteiger partial charge in [0.1, 0.15) is 5.69 Å². The van der Waals surface area contributed by atoms with Crippen LogP contribution >= 0.6 is 15.9 Å². The Bertz CT molecular complexity index is 632. The fourth-order valence-electron chi connectivity index (χ4n) is 1.39. The first-order valence-electron chi connectivity index (χ1n) is 5.19. The summed E-state index contributed by atoms with van der Waals surface area (Å²) in [6.07, 6.45) is 0. The average molecular weight is 308 g/mol. The van der Waals surface area contributed by atoms with Gasteiger partial charge in [0, 0.05) is 10.5 Å². The van der Waals surface area contributed by atoms with Crippen molar-refractivity contribution in [1.29, 1.82) is 0 Å². The van der Waals surface area contributed by atoms with E-state index < -0.39 is 0 Å². The number of H-pyrrole nitrogens is 1. The predicted molar refractivity (Wildman–Crippen MR) is 71.7 cm³/mol. The Kier molecular flexibility index (Phi) is 3.57. The number of benzene rings is 1. The lowest BCUT2D eigenvalue weighted by molar-refractivity contribution is 0.102. The summed E-state index contributed by atoms with van der Waals surface area (Å²) in [6, 6.07) is 8.25. The molecule has 2 N–H and O–H groups in total. The molecule has 0 unspecified atom stereocenters. The second kappa shape index (κ2) is 5.14. The van der Waals surface area contributed by atoms with Crippen LogP contribution in [0, 0.1) is 6.92 Å². The van der Waals surface area contributed by atoms with Gasteiger partial charge in [0.2, 0.25) is 0 Å². The minimum Gasteiger partial charge on any atom is -0.320 e. The van der Waals surface area contributed by atoms with Crippen molar-refractivity contribution in [3.05, 3.63) is 56.4 Å². The molecular formula is C12H10BrN3O2. The first kappa shape index (κ1) is 12.5. The van der Waals surface area contributed by atoms with E-state index in [-0.39, 0.29) is 17.2 Å². The first-order valence-corrected chi connectivity index (χ1v) is 5.99. The van der Waals surface area contributed by atoms with Crippen molar-refractivity contribution in [2.45, 2.75) is 6.92 Å². The van der Waals surface area contributed by atoms with Gasteiger partial charge in [-0.05, 0) is 46.6 Å². The van der Waals surface area contributed by atoms with Gasteiger partial charge in [0.15, 0.2) is 0 Å². The van der Waals surface area contributed by atoms with Gasteiger partial charge in [-0.3, -0.25) is 9.59 Å². The van der Waals surface area contributed by atoms with E-state index in [9.17, 15) is 9.59 Å². The topological polar surface area (TPSA) is 74.8 Å². The van der Waals surface area contributed by atoms with Crippen molar-refractivity contribution < 1.29 is 4.79 Å². The summed E-state index contributed by atoms with van der Waals surface area (Å²) in [5, 5.41) is 8.59. The third-order valence-corrected chi connectivity index (χ3v) is 2.97. The maximum Gasteiger partial charge on any atom is 0.276 e. The number of aromatic amines is 1. The summed E-state index contributed by atoms with van der Waals surface area (Å²) in [5.74, 6) is -0.377. The highest BCUT2D eigenvalue weighted by Crippen LogP contribution is 2.23. The van der Waals surface area contributed by atoms with Crippen LogP contribution in [0.15, 0.2) is 39.6 Å². The number of anilines is 1. The van der Waals surface area contributed by atoms with Gasteiger partial charge >= 0.3 is 0 Å². The Labute approximate surface area is 111 Å². The molecule has 1 heterocycles. The molecule has 1 aromatic carbocycles. The summed E-state index contributed by atoms with van der Waals surface area (Å²) in [6.45, 7) is 1.93. The molecule has 92 valence electrons. The molecule has 0 radical (unpaired) electrons. The average Bonchev–Trinajstić information content (AvgIpc) is 2.34. The fourth-order valence-corrected chi connectivity index (χ4v) is 1.74. The number of aryl methyl sites for hydroxylation is 1. The zero-order valence-corrected chi connectivity index (χ0v) is 11.1. The third-order valence-electron chi connectivity index (χ3n) is 2.28. The van der Waals surface area contributed by atoms with Gasteiger partial charge < -0.3 is 5.32 Å². The van der Waals surface area contributed by atoms with E-state index in [2.05, 4.69) is 31.4 Å². The zero-order valence-electron chi connectivity index (χ0n) is 9.53. The molecule has 6 heteroatoms. The zero-order chi connectivity index (χ0) is 13.1. The highest BCUT2D eigenvalue weighted by Gasteiger charge is 2.09. The number of carbonyl (C=O) groups is 1. The second-order valence-electron chi connectivity index (χ2n) is 3.74. The first-order chi connectivity index (χ1) is 8.56. The number of nitrogens with zero attached hydrogens (tertiary/aromatic N) is 1. The number of rotatable bonds is 2. The number of hydrogen-bond donors (Lipinski definition) is 2. The van der Waals surface area contributed by atoms with Crippen LogP contribution in [-0.4, -0.2) is 16.1 Å². The van der Waals surface area contributed by atoms with Crippen LogP contribution in [0.25, 0.3) is 0 Å². The van der Waals surface area contributed by atoms with E-state index in [1.54, 1.807) is 0 Å². The second-order valence-corrected chi connectivity index (χ2v) is 4.60. The SMILES string of the molecule is Cc1ccc(Br)c(NC(=O)c2ccc(=O)[nH]n2)c1. The van der Waals surface area contributed by atoms with Crippen LogP contribution in [0.1, 0.15) is 16.1 Å². The van der Waals surface area contributed by atoms with Crippen molar-refractivity contribution >= 4 is 27.5 Å². The van der Waals surface area contributed by atoms with E-state index in [1.165, 1.54) is 12.1 Å². The van der Waals surface area contributed by atoms with E-state index in [0.717, 1.165) is 10.0 Å². The van der Waals surface area contributed by atoms with Crippen LogP contribution < -0.4 is 10.9 Å². The molecule has 0 aliphatic rings. The molecule has 1 amide bonds. The Morgan fingerprint density at radius 3 is 2.78 bits per heavy atom. The molecular weight excluding hydrogens is 298 g/mol. The molecule has 0 bridgehead atoms. The maximum atomic E-state index is 11.9. The highest BCUT2D eigenvalue weighted by atomic mass is 79.9. The Morgan fingerprint density at radius 1 is 1.33 bits per heavy atom. The number of amides is 1. The summed E-state index contributed by atoms with van der Waals surface area (Å²) < 4.78 is 0.783. The van der Waals surface area contributed by atoms with Crippen molar-refractivity contribution in [2.75, 3.05) is 5.32 Å². The van der Waals surface area contributed by atoms with Crippen LogP contribution in [0.3, 0.4) is 0 Å². The van der Waals surface area contributed by atoms with Gasteiger partial charge in [-0.2, -0.15) is 5.10 Å². The molecule has 0 aliphatic heterocycles. The quantitative estimate of drug-likeness (QED) is 0.892. The molecule has 0 atom stereocenters. The van der Waals surface area contributed by atoms with E-state index >= 15 is 0 Å². The summed E-state index contributed by atoms with van der Waals surface area (Å²) >= 11 is 3.35. The molecule has 2 aromatic rings. The van der Waals surface area contributed by atoms with Crippen molar-refractivity contribution in [2.24, 2.45) is 0 Å². The van der Waals surface area contributed by atoms with Gasteiger partial charge in [0.25, 0.3) is 11.5 Å². The molecule has 18 heavy (non-hydrogen) atoms. The summed E-state index contributed by atoms with van der Waals surface area (Å²) in [4.78, 5) is 22.7. The predicted octanol–water partition coefficient (Wildman–Crippen LogP) is 2.09. The van der Waals surface area contributed by atoms with Gasteiger partial charge in [-0.15, -0.1) is 0 Å². The molecule has 0 saturated heterocycles. The lowest BCUT2D eigenvalue weighted by Gasteiger charge is -2.07. The summed E-state index contributed by atoms with van der Waals surface area (Å²) in [7, 11) is 0. The Hall–Kier alpha value is -1.95. The lowest BCUT2D eigenvalue weighted by atomic mass is 10.2. The monoisotopic (exact) mass is 307 g/mol. The third kappa shape index (κ3) is 2.84. The molecule has 1 aromatic heterocycles. The lowest BCUT2D eigenvalue weighted by Crippen LogP contribution is -2.17. The summed E-state index contributed by atoms with van der Waals surface area (Å²) in [5.41, 5.74) is 1.50. The van der Waals surface area contributed by atoms with Gasteiger partial charge in [0.05, 0.1) is 5.69 Å². The van der Waals surface area contributed by atoms with Gasteiger partial charge in [-0.25, -0.2) is 5.10 Å². The van der Waals surface area contributed by atoms with Gasteiger partial charge in [-0.1, -0.05) is 6.07 Å². The molecule has 0 spiro atoms. The van der Waals surface area contributed by atoms with Crippen LogP contribution in [0.2, 0.25) is 0 Å². The largest absolute Gasteiger partial charge is 0.320 e.